The first-order valence-electron chi connectivity index (χ1n) is 19.4. The Morgan fingerprint density at radius 1 is 0.821 bits per heavy atom. The Morgan fingerprint density at radius 3 is 2.07 bits per heavy atom. The Balaban J connectivity index is 0.923. The lowest BCUT2D eigenvalue weighted by atomic mass is 9.78. The van der Waals surface area contributed by atoms with E-state index in [0.717, 1.165) is 77.3 Å². The number of rotatable bonds is 11. The average Bonchev–Trinajstić information content (AvgIpc) is 4.08. The average molecular weight is 754 g/mol. The van der Waals surface area contributed by atoms with E-state index in [1.807, 2.05) is 13.1 Å². The zero-order valence-corrected chi connectivity index (χ0v) is 31.9. The first-order chi connectivity index (χ1) is 27.2. The van der Waals surface area contributed by atoms with E-state index in [-0.39, 0.29) is 35.7 Å². The van der Waals surface area contributed by atoms with E-state index < -0.39 is 12.1 Å². The Bertz CT molecular complexity index is 2220. The molecular weight excluding hydrogens is 707 g/mol. The summed E-state index contributed by atoms with van der Waals surface area (Å²) in [6.07, 6.45) is 12.8. The molecule has 0 spiro atoms. The van der Waals surface area contributed by atoms with E-state index in [1.165, 1.54) is 7.11 Å². The monoisotopic (exact) mass is 753 g/mol. The predicted molar refractivity (Wildman–Crippen MR) is 211 cm³/mol. The number of fused-ring (bicyclic) bond motifs is 2. The minimum absolute atomic E-state index is 0.0594. The van der Waals surface area contributed by atoms with Gasteiger partial charge < -0.3 is 30.2 Å². The second-order valence-corrected chi connectivity index (χ2v) is 15.4. The Kier molecular flexibility index (Phi) is 10.2. The molecule has 3 aliphatic rings. The van der Waals surface area contributed by atoms with Crippen LogP contribution in [0, 0.1) is 17.8 Å². The third-order valence-corrected chi connectivity index (χ3v) is 11.9. The van der Waals surface area contributed by atoms with Gasteiger partial charge in [-0.25, -0.2) is 14.8 Å². The number of benzene rings is 2. The van der Waals surface area contributed by atoms with Gasteiger partial charge in [0, 0.05) is 24.9 Å². The number of likely N-dealkylation sites (tertiary alicyclic amines) is 1. The minimum Gasteiger partial charge on any atom is -0.453 e. The molecule has 56 heavy (non-hydrogen) atoms. The van der Waals surface area contributed by atoms with Gasteiger partial charge in [0.2, 0.25) is 11.8 Å². The highest BCUT2D eigenvalue weighted by molar-refractivity contribution is 5.89. The largest absolute Gasteiger partial charge is 0.453 e. The molecule has 2 saturated carbocycles. The van der Waals surface area contributed by atoms with Gasteiger partial charge in [0.05, 0.1) is 60.8 Å². The zero-order valence-electron chi connectivity index (χ0n) is 31.9. The van der Waals surface area contributed by atoms with Crippen molar-refractivity contribution < 1.29 is 19.1 Å². The fourth-order valence-electron chi connectivity index (χ4n) is 9.02. The Labute approximate surface area is 325 Å². The number of carbonyl (C=O) groups is 3. The van der Waals surface area contributed by atoms with Gasteiger partial charge in [-0.05, 0) is 85.6 Å². The lowest BCUT2D eigenvalue weighted by Gasteiger charge is -2.29. The molecule has 3 aromatic heterocycles. The highest BCUT2D eigenvalue weighted by atomic mass is 16.5. The minimum atomic E-state index is -0.873. The molecule has 8 rings (SSSR count). The van der Waals surface area contributed by atoms with E-state index in [0.29, 0.717) is 29.8 Å². The van der Waals surface area contributed by atoms with Gasteiger partial charge in [-0.1, -0.05) is 55.1 Å². The molecule has 1 aliphatic heterocycles. The van der Waals surface area contributed by atoms with Crippen LogP contribution in [0.2, 0.25) is 0 Å². The molecule has 13 heteroatoms. The van der Waals surface area contributed by atoms with Gasteiger partial charge in [0.25, 0.3) is 0 Å². The number of ether oxygens (including phenoxy) is 1. The van der Waals surface area contributed by atoms with E-state index in [2.05, 4.69) is 90.7 Å². The highest BCUT2D eigenvalue weighted by Gasteiger charge is 2.52. The second-order valence-electron chi connectivity index (χ2n) is 15.4. The van der Waals surface area contributed by atoms with Crippen LogP contribution in [0.25, 0.3) is 33.6 Å². The third kappa shape index (κ3) is 7.20. The molecule has 2 aromatic carbocycles. The van der Waals surface area contributed by atoms with Crippen LogP contribution in [0.5, 0.6) is 0 Å². The maximum absolute atomic E-state index is 13.7. The van der Waals surface area contributed by atoms with Crippen LogP contribution < -0.4 is 10.6 Å². The van der Waals surface area contributed by atoms with Crippen molar-refractivity contribution in [2.75, 3.05) is 13.7 Å². The van der Waals surface area contributed by atoms with Crippen LogP contribution in [-0.4, -0.2) is 72.4 Å². The quantitative estimate of drug-likeness (QED) is 0.106. The maximum atomic E-state index is 13.7. The number of hydrogen-bond acceptors (Lipinski definition) is 8. The SMILES string of the molecule is C=C(C)[C@H](NC(=O)OC)C(=O)N1CCC[C@H]1c1ncc(-c2ccc(-c3ccc(-c4cnc([C@@H]5[C@H]6CC[C@H](C6)[C@H]5C(=O)N[C@H](C)c5cnccn5)[nH]4)cc3)cc2)[nH]1. The van der Waals surface area contributed by atoms with Gasteiger partial charge in [0.1, 0.15) is 17.7 Å². The summed E-state index contributed by atoms with van der Waals surface area (Å²) < 4.78 is 4.72. The van der Waals surface area contributed by atoms with Crippen molar-refractivity contribution in [2.24, 2.45) is 17.8 Å². The molecule has 4 N–H and O–H groups in total. The number of carbonyl (C=O) groups excluding carboxylic acids is 3. The van der Waals surface area contributed by atoms with E-state index in [4.69, 9.17) is 9.72 Å². The first-order valence-corrected chi connectivity index (χ1v) is 19.4. The number of nitrogens with one attached hydrogen (secondary N) is 4. The molecule has 5 aromatic rings. The van der Waals surface area contributed by atoms with Gasteiger partial charge in [-0.2, -0.15) is 0 Å². The zero-order chi connectivity index (χ0) is 38.9. The molecule has 0 radical (unpaired) electrons. The van der Waals surface area contributed by atoms with Crippen molar-refractivity contribution in [3.8, 4) is 33.6 Å². The van der Waals surface area contributed by atoms with E-state index >= 15 is 0 Å². The molecule has 2 aliphatic carbocycles. The fraction of sp³-hybridized carbons (Fsp3) is 0.372. The summed E-state index contributed by atoms with van der Waals surface area (Å²) in [4.78, 5) is 65.9. The third-order valence-electron chi connectivity index (χ3n) is 11.9. The Morgan fingerprint density at radius 2 is 1.45 bits per heavy atom. The van der Waals surface area contributed by atoms with Crippen LogP contribution in [0.15, 0.2) is 91.7 Å². The summed E-state index contributed by atoms with van der Waals surface area (Å²) >= 11 is 0. The highest BCUT2D eigenvalue weighted by Crippen LogP contribution is 2.56. The van der Waals surface area contributed by atoms with E-state index in [1.54, 1.807) is 36.6 Å². The summed E-state index contributed by atoms with van der Waals surface area (Å²) in [5.41, 5.74) is 7.25. The van der Waals surface area contributed by atoms with Crippen molar-refractivity contribution >= 4 is 17.9 Å². The number of H-pyrrole nitrogens is 2. The lowest BCUT2D eigenvalue weighted by Crippen LogP contribution is -2.49. The second kappa shape index (κ2) is 15.6. The summed E-state index contributed by atoms with van der Waals surface area (Å²) in [5.74, 6) is 2.17. The van der Waals surface area contributed by atoms with Crippen LogP contribution in [0.1, 0.15) is 81.3 Å². The molecule has 3 amide bonds. The first kappa shape index (κ1) is 36.8. The van der Waals surface area contributed by atoms with Crippen LogP contribution in [0.3, 0.4) is 0 Å². The summed E-state index contributed by atoms with van der Waals surface area (Å²) in [7, 11) is 1.27. The van der Waals surface area contributed by atoms with Crippen molar-refractivity contribution in [1.82, 2.24) is 45.4 Å². The number of hydrogen-bond donors (Lipinski definition) is 4. The van der Waals surface area contributed by atoms with Crippen molar-refractivity contribution in [3.05, 3.63) is 109 Å². The smallest absolute Gasteiger partial charge is 0.407 e. The number of alkyl carbamates (subject to hydrolysis) is 1. The molecule has 1 saturated heterocycles. The van der Waals surface area contributed by atoms with Crippen LogP contribution >= 0.6 is 0 Å². The van der Waals surface area contributed by atoms with Crippen molar-refractivity contribution in [3.63, 3.8) is 0 Å². The van der Waals surface area contributed by atoms with Crippen molar-refractivity contribution in [2.45, 2.75) is 70.0 Å². The number of aromatic nitrogens is 6. The molecule has 288 valence electrons. The molecule has 3 fully saturated rings. The van der Waals surface area contributed by atoms with Gasteiger partial charge in [-0.3, -0.25) is 19.6 Å². The maximum Gasteiger partial charge on any atom is 0.407 e. The predicted octanol–water partition coefficient (Wildman–Crippen LogP) is 6.90. The molecular formula is C43H47N9O4. The molecule has 2 bridgehead atoms. The number of imidazole rings is 2. The molecule has 13 nitrogen and oxygen atoms in total. The molecule has 7 atom stereocenters. The Hall–Kier alpha value is -6.11. The number of aromatic amines is 2. The normalized spacial score (nSPS) is 22.4. The summed E-state index contributed by atoms with van der Waals surface area (Å²) in [6.45, 7) is 8.14. The van der Waals surface area contributed by atoms with Gasteiger partial charge >= 0.3 is 6.09 Å². The summed E-state index contributed by atoms with van der Waals surface area (Å²) in [6, 6.07) is 15.4. The molecule has 0 unspecified atom stereocenters. The van der Waals surface area contributed by atoms with Crippen molar-refractivity contribution in [1.29, 1.82) is 0 Å². The van der Waals surface area contributed by atoms with Gasteiger partial charge in [-0.15, -0.1) is 0 Å². The van der Waals surface area contributed by atoms with Crippen LogP contribution in [-0.2, 0) is 14.3 Å². The molecule has 4 heterocycles. The standard InChI is InChI=1S/C43H47N9O4/c1-24(2)38(51-43(55)56-4)42(54)52-19-5-6-35(52)39-46-22-33(49-39)28-11-7-26(8-12-28)27-9-13-29(14-10-27)34-23-47-40(50-34)36-30-15-16-31(20-30)37(36)41(53)48-25(3)32-21-44-17-18-45-32/h7-14,17-18,21-23,25,30-31,35-38H,1,5-6,15-16,19-20H2,2-4H3,(H,46,49)(H,47,50)(H,48,53)(H,51,55)/t25-,30+,31-,35+,36-,37-,38+/m1/s1. The lowest BCUT2D eigenvalue weighted by molar-refractivity contribution is -0.133. The van der Waals surface area contributed by atoms with Gasteiger partial charge in [0.15, 0.2) is 0 Å². The summed E-state index contributed by atoms with van der Waals surface area (Å²) in [5, 5.41) is 5.81. The topological polar surface area (TPSA) is 171 Å². The fourth-order valence-corrected chi connectivity index (χ4v) is 9.02. The number of amides is 3. The number of nitrogens with zero attached hydrogens (tertiary/aromatic N) is 5. The number of methoxy groups -OCH3 is 1. The van der Waals surface area contributed by atoms with E-state index in [9.17, 15) is 14.4 Å². The van der Waals surface area contributed by atoms with Crippen LogP contribution in [0.4, 0.5) is 4.79 Å².